The van der Waals surface area contributed by atoms with Gasteiger partial charge in [-0.25, -0.2) is 8.78 Å². The summed E-state index contributed by atoms with van der Waals surface area (Å²) in [5.41, 5.74) is 2.32. The van der Waals surface area contributed by atoms with Crippen LogP contribution in [0.1, 0.15) is 18.9 Å². The van der Waals surface area contributed by atoms with Gasteiger partial charge in [0.1, 0.15) is 11.6 Å². The van der Waals surface area contributed by atoms with Gasteiger partial charge in [0, 0.05) is 28.6 Å². The number of fused-ring (bicyclic) bond motifs is 1. The average Bonchev–Trinajstić information content (AvgIpc) is 2.99. The van der Waals surface area contributed by atoms with Crippen molar-refractivity contribution in [3.05, 3.63) is 58.6 Å². The van der Waals surface area contributed by atoms with Gasteiger partial charge in [-0.05, 0) is 60.9 Å². The molecule has 7 heteroatoms. The number of carbonyl (C=O) groups excluding carboxylic acids is 1. The number of aromatic amines is 1. The van der Waals surface area contributed by atoms with Crippen molar-refractivity contribution in [1.82, 2.24) is 10.3 Å². The summed E-state index contributed by atoms with van der Waals surface area (Å²) in [7, 11) is 0. The summed E-state index contributed by atoms with van der Waals surface area (Å²) in [6, 6.07) is 8.35. The maximum Gasteiger partial charge on any atom is 0.220 e. The second-order valence-electron chi connectivity index (χ2n) is 6.45. The Bertz CT molecular complexity index is 970. The number of hydrogen-bond acceptors (Lipinski definition) is 2. The minimum absolute atomic E-state index is 0.152. The van der Waals surface area contributed by atoms with E-state index in [4.69, 9.17) is 16.7 Å². The van der Waals surface area contributed by atoms with Crippen molar-refractivity contribution in [1.29, 1.82) is 0 Å². The fourth-order valence-corrected chi connectivity index (χ4v) is 3.23. The van der Waals surface area contributed by atoms with Gasteiger partial charge in [-0.2, -0.15) is 0 Å². The lowest BCUT2D eigenvalue weighted by molar-refractivity contribution is -0.121. The van der Waals surface area contributed by atoms with Gasteiger partial charge in [0.2, 0.25) is 5.91 Å². The molecular formula is C20H19ClF2N2O2. The van der Waals surface area contributed by atoms with Crippen LogP contribution in [0.25, 0.3) is 22.2 Å². The zero-order valence-corrected chi connectivity index (χ0v) is 15.4. The molecule has 3 aromatic rings. The molecule has 0 aliphatic heterocycles. The SMILES string of the molecule is CC(CO)NC(=O)CCc1c(-c2ccc(F)cc2)[nH]c2c(F)cc(Cl)cc12. The molecule has 0 fully saturated rings. The molecule has 1 unspecified atom stereocenters. The molecule has 0 saturated heterocycles. The summed E-state index contributed by atoms with van der Waals surface area (Å²) in [6.45, 7) is 1.54. The Hall–Kier alpha value is -2.44. The van der Waals surface area contributed by atoms with Crippen molar-refractivity contribution < 1.29 is 18.7 Å². The second kappa shape index (κ2) is 8.06. The lowest BCUT2D eigenvalue weighted by Gasteiger charge is -2.11. The van der Waals surface area contributed by atoms with Gasteiger partial charge in [0.05, 0.1) is 12.1 Å². The maximum absolute atomic E-state index is 14.4. The van der Waals surface area contributed by atoms with Crippen LogP contribution in [0.4, 0.5) is 8.78 Å². The van der Waals surface area contributed by atoms with Gasteiger partial charge < -0.3 is 15.4 Å². The van der Waals surface area contributed by atoms with Gasteiger partial charge in [-0.1, -0.05) is 11.6 Å². The second-order valence-corrected chi connectivity index (χ2v) is 6.88. The van der Waals surface area contributed by atoms with Crippen LogP contribution in [0.15, 0.2) is 36.4 Å². The predicted octanol–water partition coefficient (Wildman–Crippen LogP) is 4.20. The van der Waals surface area contributed by atoms with Gasteiger partial charge in [-0.3, -0.25) is 4.79 Å². The van der Waals surface area contributed by atoms with Crippen LogP contribution >= 0.6 is 11.6 Å². The minimum Gasteiger partial charge on any atom is -0.394 e. The van der Waals surface area contributed by atoms with Crippen molar-refractivity contribution in [3.63, 3.8) is 0 Å². The molecule has 0 aliphatic rings. The first-order valence-electron chi connectivity index (χ1n) is 8.54. The molecule has 1 heterocycles. The molecule has 2 aromatic carbocycles. The molecule has 0 bridgehead atoms. The summed E-state index contributed by atoms with van der Waals surface area (Å²) < 4.78 is 27.6. The van der Waals surface area contributed by atoms with E-state index in [1.807, 2.05) is 0 Å². The van der Waals surface area contributed by atoms with Crippen molar-refractivity contribution in [2.75, 3.05) is 6.61 Å². The van der Waals surface area contributed by atoms with Gasteiger partial charge >= 0.3 is 0 Å². The highest BCUT2D eigenvalue weighted by molar-refractivity contribution is 6.31. The first kappa shape index (κ1) is 19.3. The number of aliphatic hydroxyl groups is 1. The number of aromatic nitrogens is 1. The number of H-pyrrole nitrogens is 1. The lowest BCUT2D eigenvalue weighted by atomic mass is 10.0. The van der Waals surface area contributed by atoms with Crippen molar-refractivity contribution in [2.24, 2.45) is 0 Å². The number of nitrogens with one attached hydrogen (secondary N) is 2. The molecule has 27 heavy (non-hydrogen) atoms. The zero-order valence-electron chi connectivity index (χ0n) is 14.7. The molecule has 0 radical (unpaired) electrons. The van der Waals surface area contributed by atoms with Crippen LogP contribution in [0, 0.1) is 11.6 Å². The summed E-state index contributed by atoms with van der Waals surface area (Å²) in [6.07, 6.45) is 0.482. The third-order valence-corrected chi connectivity index (χ3v) is 4.57. The highest BCUT2D eigenvalue weighted by atomic mass is 35.5. The first-order valence-corrected chi connectivity index (χ1v) is 8.92. The molecule has 3 N–H and O–H groups in total. The minimum atomic E-state index is -0.495. The molecule has 1 amide bonds. The highest BCUT2D eigenvalue weighted by Gasteiger charge is 2.18. The molecule has 1 aromatic heterocycles. The number of benzene rings is 2. The predicted molar refractivity (Wildman–Crippen MR) is 102 cm³/mol. The van der Waals surface area contributed by atoms with E-state index in [2.05, 4.69) is 10.3 Å². The topological polar surface area (TPSA) is 65.1 Å². The van der Waals surface area contributed by atoms with E-state index in [1.54, 1.807) is 25.1 Å². The smallest absolute Gasteiger partial charge is 0.220 e. The Morgan fingerprint density at radius 1 is 1.26 bits per heavy atom. The van der Waals surface area contributed by atoms with E-state index < -0.39 is 5.82 Å². The lowest BCUT2D eigenvalue weighted by Crippen LogP contribution is -2.35. The van der Waals surface area contributed by atoms with Crippen LogP contribution in [-0.2, 0) is 11.2 Å². The Morgan fingerprint density at radius 3 is 2.63 bits per heavy atom. The van der Waals surface area contributed by atoms with E-state index in [1.165, 1.54) is 18.2 Å². The Labute approximate surface area is 160 Å². The van der Waals surface area contributed by atoms with Crippen molar-refractivity contribution >= 4 is 28.4 Å². The fourth-order valence-electron chi connectivity index (χ4n) is 3.03. The Balaban J connectivity index is 2.01. The fraction of sp³-hybridized carbons (Fsp3) is 0.250. The quantitative estimate of drug-likeness (QED) is 0.588. The zero-order chi connectivity index (χ0) is 19.6. The summed E-state index contributed by atoms with van der Waals surface area (Å²) in [5.74, 6) is -1.09. The van der Waals surface area contributed by atoms with Crippen LogP contribution in [0.2, 0.25) is 5.02 Å². The Morgan fingerprint density at radius 2 is 1.96 bits per heavy atom. The monoisotopic (exact) mass is 392 g/mol. The van der Waals surface area contributed by atoms with Crippen LogP contribution in [-0.4, -0.2) is 28.6 Å². The van der Waals surface area contributed by atoms with E-state index in [0.717, 1.165) is 5.56 Å². The average molecular weight is 393 g/mol. The van der Waals surface area contributed by atoms with Gasteiger partial charge in [-0.15, -0.1) is 0 Å². The van der Waals surface area contributed by atoms with Crippen LogP contribution in [0.5, 0.6) is 0 Å². The van der Waals surface area contributed by atoms with E-state index in [9.17, 15) is 13.6 Å². The first-order chi connectivity index (χ1) is 12.9. The molecular weight excluding hydrogens is 374 g/mol. The molecule has 4 nitrogen and oxygen atoms in total. The van der Waals surface area contributed by atoms with Crippen molar-refractivity contribution in [3.8, 4) is 11.3 Å². The van der Waals surface area contributed by atoms with E-state index in [0.29, 0.717) is 23.1 Å². The highest BCUT2D eigenvalue weighted by Crippen LogP contribution is 2.34. The summed E-state index contributed by atoms with van der Waals surface area (Å²) in [4.78, 5) is 15.1. The number of halogens is 3. The molecule has 0 aliphatic carbocycles. The number of aliphatic hydroxyl groups excluding tert-OH is 1. The van der Waals surface area contributed by atoms with E-state index >= 15 is 0 Å². The molecule has 0 spiro atoms. The molecule has 0 saturated carbocycles. The number of carbonyl (C=O) groups is 1. The molecule has 142 valence electrons. The third-order valence-electron chi connectivity index (χ3n) is 4.35. The standard InChI is InChI=1S/C20H19ClF2N2O2/c1-11(10-26)24-18(27)7-6-15-16-8-13(21)9-17(23)20(16)25-19(15)12-2-4-14(22)5-3-12/h2-5,8-9,11,25-26H,6-7,10H2,1H3,(H,24,27). The summed E-state index contributed by atoms with van der Waals surface area (Å²) in [5, 5.41) is 12.6. The third kappa shape index (κ3) is 4.28. The number of aryl methyl sites for hydroxylation is 1. The number of amides is 1. The van der Waals surface area contributed by atoms with Crippen molar-refractivity contribution in [2.45, 2.75) is 25.8 Å². The summed E-state index contributed by atoms with van der Waals surface area (Å²) >= 11 is 6.01. The molecule has 1 atom stereocenters. The normalized spacial score (nSPS) is 12.3. The van der Waals surface area contributed by atoms with Crippen LogP contribution in [0.3, 0.4) is 0 Å². The van der Waals surface area contributed by atoms with E-state index in [-0.39, 0.29) is 41.3 Å². The Kier molecular flexibility index (Phi) is 5.77. The molecule has 3 rings (SSSR count). The maximum atomic E-state index is 14.4. The largest absolute Gasteiger partial charge is 0.394 e. The van der Waals surface area contributed by atoms with Crippen LogP contribution < -0.4 is 5.32 Å². The van der Waals surface area contributed by atoms with Gasteiger partial charge in [0.25, 0.3) is 0 Å². The number of hydrogen-bond donors (Lipinski definition) is 3. The van der Waals surface area contributed by atoms with Gasteiger partial charge in [0.15, 0.2) is 0 Å². The number of rotatable bonds is 6.